The van der Waals surface area contributed by atoms with Crippen molar-refractivity contribution < 1.29 is 4.42 Å². The van der Waals surface area contributed by atoms with Crippen molar-refractivity contribution in [3.05, 3.63) is 470 Å². The number of benzene rings is 18. The minimum atomic E-state index is -0.110. The fourth-order valence-electron chi connectivity index (χ4n) is 20.9. The van der Waals surface area contributed by atoms with Crippen LogP contribution in [0.4, 0.5) is 51.2 Å². The van der Waals surface area contributed by atoms with E-state index in [2.05, 4.69) is 384 Å². The van der Waals surface area contributed by atoms with Gasteiger partial charge in [0, 0.05) is 129 Å². The fourth-order valence-corrected chi connectivity index (χ4v) is 23.2. The molecule has 0 spiro atoms. The molecule has 0 aliphatic carbocycles. The molecule has 18 aromatic carbocycles. The lowest BCUT2D eigenvalue weighted by molar-refractivity contribution is 0.632. The molecule has 3 aliphatic rings. The van der Waals surface area contributed by atoms with Gasteiger partial charge < -0.3 is 19.1 Å². The summed E-state index contributed by atoms with van der Waals surface area (Å²) in [4.78, 5) is 52.4. The molecule has 0 unspecified atom stereocenters. The van der Waals surface area contributed by atoms with Crippen molar-refractivity contribution in [2.45, 2.75) is 57.8 Å². The molecule has 672 valence electrons. The third kappa shape index (κ3) is 15.0. The molecule has 0 N–H and O–H groups in total. The van der Waals surface area contributed by atoms with E-state index >= 15 is 0 Å². The molecular formula is C126H90N12OS2. The van der Waals surface area contributed by atoms with E-state index in [4.69, 9.17) is 49.3 Å². The minimum absolute atomic E-state index is 0.100. The van der Waals surface area contributed by atoms with Crippen molar-refractivity contribution in [1.82, 2.24) is 44.9 Å². The number of rotatable bonds is 12. The van der Waals surface area contributed by atoms with Crippen LogP contribution in [0.3, 0.4) is 0 Å². The van der Waals surface area contributed by atoms with E-state index in [1.54, 1.807) is 11.3 Å². The van der Waals surface area contributed by atoms with Gasteiger partial charge in [0.1, 0.15) is 11.2 Å². The van der Waals surface area contributed by atoms with Crippen LogP contribution in [0.15, 0.2) is 441 Å². The second-order valence-corrected chi connectivity index (χ2v) is 39.6. The summed E-state index contributed by atoms with van der Waals surface area (Å²) in [6.45, 7) is 13.9. The number of hydrogen-bond donors (Lipinski definition) is 0. The lowest BCUT2D eigenvalue weighted by Gasteiger charge is -2.42. The first-order chi connectivity index (χ1) is 69.2. The van der Waals surface area contributed by atoms with Crippen LogP contribution in [-0.2, 0) is 16.2 Å². The van der Waals surface area contributed by atoms with E-state index in [-0.39, 0.29) is 16.2 Å². The Labute approximate surface area is 824 Å². The Bertz CT molecular complexity index is 8480. The Hall–Kier alpha value is -17.4. The van der Waals surface area contributed by atoms with Crippen LogP contribution in [0.1, 0.15) is 74.9 Å². The molecule has 0 amide bonds. The predicted molar refractivity (Wildman–Crippen MR) is 582 cm³/mol. The highest BCUT2D eigenvalue weighted by Gasteiger charge is 2.40. The van der Waals surface area contributed by atoms with Gasteiger partial charge in [0.25, 0.3) is 0 Å². The zero-order valence-corrected chi connectivity index (χ0v) is 79.8. The molecule has 0 radical (unpaired) electrons. The quantitative estimate of drug-likeness (QED) is 0.115. The van der Waals surface area contributed by atoms with E-state index in [9.17, 15) is 0 Å². The molecule has 15 heteroatoms. The van der Waals surface area contributed by atoms with Crippen molar-refractivity contribution in [2.75, 3.05) is 14.7 Å². The molecule has 6 aromatic heterocycles. The van der Waals surface area contributed by atoms with Crippen LogP contribution < -0.4 is 14.7 Å². The van der Waals surface area contributed by atoms with E-state index in [0.29, 0.717) is 52.4 Å². The lowest BCUT2D eigenvalue weighted by atomic mass is 9.73. The molecule has 9 heterocycles. The smallest absolute Gasteiger partial charge is 0.167 e. The van der Waals surface area contributed by atoms with Gasteiger partial charge in [-0.3, -0.25) is 0 Å². The second-order valence-electron chi connectivity index (χ2n) is 37.5. The Balaban J connectivity index is 0.000000111. The first kappa shape index (κ1) is 85.3. The molecule has 27 rings (SSSR count). The van der Waals surface area contributed by atoms with Crippen LogP contribution >= 0.6 is 22.7 Å². The first-order valence-electron chi connectivity index (χ1n) is 47.6. The fraction of sp³-hybridized carbons (Fsp3) is 0.0714. The second kappa shape index (κ2) is 34.7. The highest BCUT2D eigenvalue weighted by Crippen LogP contribution is 2.56. The summed E-state index contributed by atoms with van der Waals surface area (Å²) in [5, 5.41) is 7.07. The SMILES string of the molecule is CC1(C)c2ccccc2N(c2ccc(-c3nc(-c4ccccc4)nc(-c4ccc5sc6ccccc6c5c4)n3)cc2)c2ccccc21.CC1(C)c2ccccc2N(c2ccc(-c3nc(-c4ccccc4)nc(-c4cccc5c4oc4ccccc45)n3)cc2)c2ccccc21.CC1(C)c2ccccc2N(c2ccc(-c3nc(-c4ccccc4)nc(-c4cccc5c4sc4ccccc45)n3)cc2)c2ccccc21. The van der Waals surface area contributed by atoms with Crippen LogP contribution in [0.5, 0.6) is 0 Å². The molecule has 141 heavy (non-hydrogen) atoms. The molecule has 24 aromatic rings. The predicted octanol–water partition coefficient (Wildman–Crippen LogP) is 33.6. The number of furan rings is 1. The Kier molecular flexibility index (Phi) is 21.0. The maximum absolute atomic E-state index is 6.38. The van der Waals surface area contributed by atoms with Crippen LogP contribution in [0, 0.1) is 0 Å². The van der Waals surface area contributed by atoms with E-state index in [1.807, 2.05) is 121 Å². The average Bonchev–Trinajstić information content (AvgIpc) is 1.55. The lowest BCUT2D eigenvalue weighted by Crippen LogP contribution is -2.30. The zero-order chi connectivity index (χ0) is 94.6. The van der Waals surface area contributed by atoms with Gasteiger partial charge in [0.2, 0.25) is 0 Å². The zero-order valence-electron chi connectivity index (χ0n) is 78.2. The van der Waals surface area contributed by atoms with Crippen LogP contribution in [-0.4, -0.2) is 44.9 Å². The summed E-state index contributed by atoms with van der Waals surface area (Å²) in [6, 6.07) is 153. The Morgan fingerprint density at radius 3 is 0.858 bits per heavy atom. The van der Waals surface area contributed by atoms with Crippen molar-refractivity contribution >= 4 is 136 Å². The van der Waals surface area contributed by atoms with E-state index < -0.39 is 0 Å². The molecule has 0 saturated carbocycles. The maximum Gasteiger partial charge on any atom is 0.167 e. The summed E-state index contributed by atoms with van der Waals surface area (Å²) in [5.74, 6) is 5.75. The summed E-state index contributed by atoms with van der Waals surface area (Å²) < 4.78 is 11.4. The number of nitrogens with zero attached hydrogens (tertiary/aromatic N) is 12. The number of para-hydroxylation sites is 8. The average molecular weight is 1850 g/mol. The van der Waals surface area contributed by atoms with Gasteiger partial charge in [-0.25, -0.2) is 44.9 Å². The van der Waals surface area contributed by atoms with Crippen molar-refractivity contribution in [1.29, 1.82) is 0 Å². The highest BCUT2D eigenvalue weighted by atomic mass is 32.1. The molecule has 0 fully saturated rings. The molecule has 13 nitrogen and oxygen atoms in total. The topological polar surface area (TPSA) is 139 Å². The van der Waals surface area contributed by atoms with Gasteiger partial charge in [-0.1, -0.05) is 321 Å². The van der Waals surface area contributed by atoms with Crippen molar-refractivity contribution in [3.8, 4) is 102 Å². The standard InChI is InChI=1S/C42H30N4O.2C42H30N4S/c2*1-42(2)33-18-7-9-20-35(33)46(36-21-10-8-19-34(36)42)29-25-23-28(24-26-29)40-43-39(27-13-4-3-5-14-27)44-41(45-40)32-17-12-16-31-30-15-6-11-22-37(30)47-38(31)32;1-42(2)33-15-7-9-17-35(33)46(36-18-10-8-16-34(36)42)30-23-20-28(21-24-30)40-43-39(27-12-4-3-5-13-27)44-41(45-40)29-22-25-38-32(26-29)31-14-6-11-19-37(31)47-38/h3*3-26H,1-2H3. The van der Waals surface area contributed by atoms with Crippen molar-refractivity contribution in [3.63, 3.8) is 0 Å². The number of fused-ring (bicyclic) bond motifs is 15. The molecule has 0 atom stereocenters. The third-order valence-corrected chi connectivity index (χ3v) is 30.4. The third-order valence-electron chi connectivity index (χ3n) is 28.0. The number of thiophene rings is 2. The summed E-state index contributed by atoms with van der Waals surface area (Å²) in [7, 11) is 0. The number of aromatic nitrogens is 9. The normalized spacial score (nSPS) is 13.4. The van der Waals surface area contributed by atoms with Gasteiger partial charge >= 0.3 is 0 Å². The van der Waals surface area contributed by atoms with E-state index in [1.165, 1.54) is 108 Å². The maximum atomic E-state index is 6.38. The summed E-state index contributed by atoms with van der Waals surface area (Å²) in [6.07, 6.45) is 0. The number of hydrogen-bond acceptors (Lipinski definition) is 15. The Morgan fingerprint density at radius 1 is 0.199 bits per heavy atom. The van der Waals surface area contributed by atoms with Gasteiger partial charge in [0.15, 0.2) is 52.4 Å². The van der Waals surface area contributed by atoms with Gasteiger partial charge in [0.05, 0.1) is 39.7 Å². The van der Waals surface area contributed by atoms with E-state index in [0.717, 1.165) is 89.1 Å². The molecule has 0 saturated heterocycles. The molecule has 3 aliphatic heterocycles. The minimum Gasteiger partial charge on any atom is -0.455 e. The Morgan fingerprint density at radius 2 is 0.468 bits per heavy atom. The van der Waals surface area contributed by atoms with Gasteiger partial charge in [-0.05, 0) is 191 Å². The molecular weight excluding hydrogens is 1760 g/mol. The monoisotopic (exact) mass is 1850 g/mol. The summed E-state index contributed by atoms with van der Waals surface area (Å²) in [5.41, 5.74) is 28.1. The summed E-state index contributed by atoms with van der Waals surface area (Å²) >= 11 is 3.60. The molecule has 0 bridgehead atoms. The van der Waals surface area contributed by atoms with Gasteiger partial charge in [-0.2, -0.15) is 0 Å². The highest BCUT2D eigenvalue weighted by molar-refractivity contribution is 7.26. The van der Waals surface area contributed by atoms with Crippen LogP contribution in [0.25, 0.3) is 165 Å². The van der Waals surface area contributed by atoms with Crippen LogP contribution in [0.2, 0.25) is 0 Å². The first-order valence-corrected chi connectivity index (χ1v) is 49.3. The number of anilines is 9. The largest absolute Gasteiger partial charge is 0.455 e. The van der Waals surface area contributed by atoms with Gasteiger partial charge in [-0.15, -0.1) is 22.7 Å². The van der Waals surface area contributed by atoms with Crippen molar-refractivity contribution in [2.24, 2.45) is 0 Å².